The third-order valence-electron chi connectivity index (χ3n) is 4.21. The number of thioether (sulfide) groups is 1. The van der Waals surface area contributed by atoms with Gasteiger partial charge in [0.15, 0.2) is 5.16 Å². The van der Waals surface area contributed by atoms with Gasteiger partial charge in [0.2, 0.25) is 5.91 Å². The lowest BCUT2D eigenvalue weighted by Gasteiger charge is -2.15. The summed E-state index contributed by atoms with van der Waals surface area (Å²) >= 11 is 1.25. The predicted octanol–water partition coefficient (Wildman–Crippen LogP) is 4.51. The number of nitrogens with zero attached hydrogens (tertiary/aromatic N) is 1. The Labute approximate surface area is 168 Å². The van der Waals surface area contributed by atoms with Crippen molar-refractivity contribution in [2.75, 3.05) is 5.32 Å². The summed E-state index contributed by atoms with van der Waals surface area (Å²) < 4.78 is 0. The summed E-state index contributed by atoms with van der Waals surface area (Å²) in [5.41, 5.74) is 3.31. The summed E-state index contributed by atoms with van der Waals surface area (Å²) in [6.07, 6.45) is 1.65. The SMILES string of the molecule is CCCc1cc(=O)[nH]c(SC(C)C(=O)Nc2ccccc2-c2ccccc2)n1. The zero-order valence-corrected chi connectivity index (χ0v) is 16.8. The fraction of sp³-hybridized carbons (Fsp3) is 0.227. The summed E-state index contributed by atoms with van der Waals surface area (Å²) in [7, 11) is 0. The molecule has 1 atom stereocenters. The first-order valence-corrected chi connectivity index (χ1v) is 10.2. The van der Waals surface area contributed by atoms with Crippen molar-refractivity contribution < 1.29 is 4.79 Å². The monoisotopic (exact) mass is 393 g/mol. The zero-order chi connectivity index (χ0) is 19.9. The molecular weight excluding hydrogens is 370 g/mol. The number of nitrogens with one attached hydrogen (secondary N) is 2. The van der Waals surface area contributed by atoms with E-state index in [1.54, 1.807) is 6.92 Å². The maximum absolute atomic E-state index is 12.7. The standard InChI is InChI=1S/C22H23N3O2S/c1-3-9-17-14-20(26)25-22(23-17)28-15(2)21(27)24-19-13-8-7-12-18(19)16-10-5-4-6-11-16/h4-8,10-15H,3,9H2,1-2H3,(H,24,27)(H,23,25,26). The molecule has 3 aromatic rings. The van der Waals surface area contributed by atoms with Crippen LogP contribution in [0.2, 0.25) is 0 Å². The van der Waals surface area contributed by atoms with Crippen molar-refractivity contribution in [3.63, 3.8) is 0 Å². The molecule has 6 heteroatoms. The van der Waals surface area contributed by atoms with E-state index < -0.39 is 5.25 Å². The Morgan fingerprint density at radius 3 is 2.61 bits per heavy atom. The molecule has 0 aliphatic rings. The summed E-state index contributed by atoms with van der Waals surface area (Å²) in [5, 5.41) is 3.06. The van der Waals surface area contributed by atoms with Crippen molar-refractivity contribution in [2.45, 2.75) is 37.1 Å². The van der Waals surface area contributed by atoms with E-state index in [0.717, 1.165) is 35.3 Å². The van der Waals surface area contributed by atoms with Crippen molar-refractivity contribution in [2.24, 2.45) is 0 Å². The van der Waals surface area contributed by atoms with Crippen LogP contribution in [0.25, 0.3) is 11.1 Å². The quantitative estimate of drug-likeness (QED) is 0.457. The molecule has 144 valence electrons. The molecule has 2 N–H and O–H groups in total. The molecule has 0 aliphatic heterocycles. The molecule has 2 aromatic carbocycles. The second-order valence-electron chi connectivity index (χ2n) is 6.45. The van der Waals surface area contributed by atoms with Gasteiger partial charge in [-0.3, -0.25) is 9.59 Å². The number of aryl methyl sites for hydroxylation is 1. The third-order valence-corrected chi connectivity index (χ3v) is 5.19. The van der Waals surface area contributed by atoms with Crippen LogP contribution in [-0.2, 0) is 11.2 Å². The highest BCUT2D eigenvalue weighted by Crippen LogP contribution is 2.28. The van der Waals surface area contributed by atoms with E-state index in [1.807, 2.05) is 61.5 Å². The average molecular weight is 394 g/mol. The number of aromatic amines is 1. The fourth-order valence-corrected chi connectivity index (χ4v) is 3.67. The Balaban J connectivity index is 1.75. The second kappa shape index (κ2) is 9.37. The molecule has 5 nitrogen and oxygen atoms in total. The molecule has 1 aromatic heterocycles. The number of amides is 1. The number of para-hydroxylation sites is 1. The van der Waals surface area contributed by atoms with Gasteiger partial charge in [-0.15, -0.1) is 0 Å². The van der Waals surface area contributed by atoms with Crippen LogP contribution < -0.4 is 10.9 Å². The number of H-pyrrole nitrogens is 1. The number of aromatic nitrogens is 2. The van der Waals surface area contributed by atoms with Gasteiger partial charge in [0.05, 0.1) is 5.25 Å². The van der Waals surface area contributed by atoms with E-state index in [4.69, 9.17) is 0 Å². The molecule has 0 bridgehead atoms. The smallest absolute Gasteiger partial charge is 0.251 e. The van der Waals surface area contributed by atoms with Crippen LogP contribution in [-0.4, -0.2) is 21.1 Å². The van der Waals surface area contributed by atoms with Crippen LogP contribution in [0.3, 0.4) is 0 Å². The normalized spacial score (nSPS) is 11.8. The van der Waals surface area contributed by atoms with Gasteiger partial charge in [-0.1, -0.05) is 73.6 Å². The highest BCUT2D eigenvalue weighted by molar-refractivity contribution is 8.00. The molecule has 0 saturated carbocycles. The minimum absolute atomic E-state index is 0.142. The fourth-order valence-electron chi connectivity index (χ4n) is 2.84. The molecule has 3 rings (SSSR count). The Morgan fingerprint density at radius 1 is 1.14 bits per heavy atom. The van der Waals surface area contributed by atoms with Crippen LogP contribution in [0.1, 0.15) is 26.0 Å². The molecule has 0 saturated heterocycles. The van der Waals surface area contributed by atoms with Gasteiger partial charge >= 0.3 is 0 Å². The van der Waals surface area contributed by atoms with E-state index >= 15 is 0 Å². The highest BCUT2D eigenvalue weighted by atomic mass is 32.2. The van der Waals surface area contributed by atoms with Crippen LogP contribution >= 0.6 is 11.8 Å². The topological polar surface area (TPSA) is 74.8 Å². The lowest BCUT2D eigenvalue weighted by atomic mass is 10.0. The van der Waals surface area contributed by atoms with Crippen molar-refractivity contribution in [1.82, 2.24) is 9.97 Å². The molecule has 28 heavy (non-hydrogen) atoms. The number of rotatable bonds is 7. The number of benzene rings is 2. The van der Waals surface area contributed by atoms with Crippen LogP contribution in [0, 0.1) is 0 Å². The maximum atomic E-state index is 12.7. The zero-order valence-electron chi connectivity index (χ0n) is 15.9. The number of anilines is 1. The Bertz CT molecular complexity index is 1000. The third kappa shape index (κ3) is 5.10. The first kappa shape index (κ1) is 19.9. The van der Waals surface area contributed by atoms with Gasteiger partial charge in [-0.25, -0.2) is 4.98 Å². The molecule has 0 aliphatic carbocycles. The van der Waals surface area contributed by atoms with Crippen LogP contribution in [0.4, 0.5) is 5.69 Å². The van der Waals surface area contributed by atoms with Gasteiger partial charge < -0.3 is 10.3 Å². The van der Waals surface area contributed by atoms with Gasteiger partial charge in [-0.2, -0.15) is 0 Å². The predicted molar refractivity (Wildman–Crippen MR) is 115 cm³/mol. The molecule has 0 radical (unpaired) electrons. The molecule has 0 spiro atoms. The minimum Gasteiger partial charge on any atom is -0.325 e. The van der Waals surface area contributed by atoms with E-state index in [9.17, 15) is 9.59 Å². The maximum Gasteiger partial charge on any atom is 0.251 e. The van der Waals surface area contributed by atoms with Crippen molar-refractivity contribution in [3.8, 4) is 11.1 Å². The Morgan fingerprint density at radius 2 is 1.86 bits per heavy atom. The van der Waals surface area contributed by atoms with Crippen LogP contribution in [0.5, 0.6) is 0 Å². The molecule has 1 heterocycles. The second-order valence-corrected chi connectivity index (χ2v) is 7.78. The van der Waals surface area contributed by atoms with Gasteiger partial charge in [0.1, 0.15) is 0 Å². The molecule has 1 amide bonds. The summed E-state index contributed by atoms with van der Waals surface area (Å²) in [5.74, 6) is -0.142. The van der Waals surface area contributed by atoms with E-state index in [0.29, 0.717) is 5.16 Å². The lowest BCUT2D eigenvalue weighted by Crippen LogP contribution is -2.23. The number of hydrogen-bond acceptors (Lipinski definition) is 4. The Kier molecular flexibility index (Phi) is 6.66. The highest BCUT2D eigenvalue weighted by Gasteiger charge is 2.18. The van der Waals surface area contributed by atoms with Crippen molar-refractivity contribution in [3.05, 3.63) is 76.7 Å². The van der Waals surface area contributed by atoms with Crippen LogP contribution in [0.15, 0.2) is 70.6 Å². The average Bonchev–Trinajstić information content (AvgIpc) is 2.69. The van der Waals surface area contributed by atoms with Crippen molar-refractivity contribution >= 4 is 23.4 Å². The lowest BCUT2D eigenvalue weighted by molar-refractivity contribution is -0.115. The first-order valence-electron chi connectivity index (χ1n) is 9.29. The van der Waals surface area contributed by atoms with E-state index in [1.165, 1.54) is 17.8 Å². The van der Waals surface area contributed by atoms with Gasteiger partial charge in [-0.05, 0) is 25.0 Å². The number of carbonyl (C=O) groups is 1. The Hall–Kier alpha value is -2.86. The van der Waals surface area contributed by atoms with Gasteiger partial charge in [0, 0.05) is 23.0 Å². The van der Waals surface area contributed by atoms with Gasteiger partial charge in [0.25, 0.3) is 5.56 Å². The van der Waals surface area contributed by atoms with E-state index in [-0.39, 0.29) is 11.5 Å². The molecule has 1 unspecified atom stereocenters. The summed E-state index contributed by atoms with van der Waals surface area (Å²) in [4.78, 5) is 31.7. The van der Waals surface area contributed by atoms with Crippen molar-refractivity contribution in [1.29, 1.82) is 0 Å². The number of carbonyl (C=O) groups excluding carboxylic acids is 1. The number of hydrogen-bond donors (Lipinski definition) is 2. The summed E-state index contributed by atoms with van der Waals surface area (Å²) in [6.45, 7) is 3.84. The molecular formula is C22H23N3O2S. The van der Waals surface area contributed by atoms with E-state index in [2.05, 4.69) is 15.3 Å². The first-order chi connectivity index (χ1) is 13.6. The molecule has 0 fully saturated rings. The largest absolute Gasteiger partial charge is 0.325 e. The summed E-state index contributed by atoms with van der Waals surface area (Å²) in [6, 6.07) is 19.1. The minimum atomic E-state index is -0.413.